The van der Waals surface area contributed by atoms with Crippen molar-refractivity contribution in [3.63, 3.8) is 0 Å². The van der Waals surface area contributed by atoms with Gasteiger partial charge in [-0.1, -0.05) is 0 Å². The fourth-order valence-electron chi connectivity index (χ4n) is 1.36. The van der Waals surface area contributed by atoms with Crippen molar-refractivity contribution in [1.29, 1.82) is 5.26 Å². The minimum absolute atomic E-state index is 0.0437. The number of nitriles is 1. The molecule has 7 heteroatoms. The molecule has 0 heterocycles. The van der Waals surface area contributed by atoms with Crippen LogP contribution in [0.2, 0.25) is 0 Å². The van der Waals surface area contributed by atoms with Crippen LogP contribution in [0, 0.1) is 11.3 Å². The lowest BCUT2D eigenvalue weighted by molar-refractivity contribution is -0.137. The summed E-state index contributed by atoms with van der Waals surface area (Å²) >= 11 is 0. The van der Waals surface area contributed by atoms with Gasteiger partial charge in [0.15, 0.2) is 18.1 Å². The molecule has 0 aliphatic heterocycles. The van der Waals surface area contributed by atoms with Crippen LogP contribution in [0.1, 0.15) is 12.0 Å². The van der Waals surface area contributed by atoms with Crippen LogP contribution in [0.4, 0.5) is 0 Å². The molecule has 0 aromatic heterocycles. The third-order valence-corrected chi connectivity index (χ3v) is 2.31. The first kappa shape index (κ1) is 15.3. The Morgan fingerprint density at radius 1 is 1.40 bits per heavy atom. The number of nitrogens with zero attached hydrogens (tertiary/aromatic N) is 1. The first-order chi connectivity index (χ1) is 9.56. The molecule has 106 valence electrons. The topological polar surface area (TPSA) is 109 Å². The van der Waals surface area contributed by atoms with E-state index < -0.39 is 11.9 Å². The highest BCUT2D eigenvalue weighted by Gasteiger charge is 2.08. The predicted molar refractivity (Wildman–Crippen MR) is 68.5 cm³/mol. The highest BCUT2D eigenvalue weighted by atomic mass is 16.5. The maximum Gasteiger partial charge on any atom is 0.305 e. The Kier molecular flexibility index (Phi) is 5.84. The summed E-state index contributed by atoms with van der Waals surface area (Å²) < 4.78 is 10.3. The van der Waals surface area contributed by atoms with Gasteiger partial charge in [-0.3, -0.25) is 9.59 Å². The van der Waals surface area contributed by atoms with Gasteiger partial charge in [0.25, 0.3) is 5.91 Å². The monoisotopic (exact) mass is 278 g/mol. The van der Waals surface area contributed by atoms with Crippen molar-refractivity contribution in [3.05, 3.63) is 23.8 Å². The summed E-state index contributed by atoms with van der Waals surface area (Å²) in [5.74, 6) is -0.736. The Morgan fingerprint density at radius 3 is 2.75 bits per heavy atom. The van der Waals surface area contributed by atoms with Gasteiger partial charge in [0, 0.05) is 12.6 Å². The number of benzene rings is 1. The van der Waals surface area contributed by atoms with Gasteiger partial charge in [-0.05, 0) is 12.1 Å². The number of carbonyl (C=O) groups excluding carboxylic acids is 1. The van der Waals surface area contributed by atoms with E-state index in [2.05, 4.69) is 5.32 Å². The minimum atomic E-state index is -0.986. The summed E-state index contributed by atoms with van der Waals surface area (Å²) in [6.07, 6.45) is -0.147. The standard InChI is InChI=1S/C13H14N2O5/c1-19-11-6-9(7-14)2-3-10(11)20-8-12(16)15-5-4-13(17)18/h2-3,6H,4-5,8H2,1H3,(H,15,16)(H,17,18). The molecule has 0 spiro atoms. The van der Waals surface area contributed by atoms with Gasteiger partial charge < -0.3 is 19.9 Å². The average Bonchev–Trinajstić information content (AvgIpc) is 2.44. The second kappa shape index (κ2) is 7.63. The summed E-state index contributed by atoms with van der Waals surface area (Å²) in [6, 6.07) is 6.53. The number of carboxylic acids is 1. The van der Waals surface area contributed by atoms with Crippen molar-refractivity contribution in [2.75, 3.05) is 20.3 Å². The predicted octanol–water partition coefficient (Wildman–Crippen LogP) is 0.537. The van der Waals surface area contributed by atoms with E-state index in [4.69, 9.17) is 19.8 Å². The summed E-state index contributed by atoms with van der Waals surface area (Å²) in [5, 5.41) is 19.6. The van der Waals surface area contributed by atoms with E-state index in [0.717, 1.165) is 0 Å². The van der Waals surface area contributed by atoms with E-state index >= 15 is 0 Å². The van der Waals surface area contributed by atoms with Gasteiger partial charge in [0.05, 0.1) is 25.2 Å². The van der Waals surface area contributed by atoms with Crippen molar-refractivity contribution in [2.45, 2.75) is 6.42 Å². The van der Waals surface area contributed by atoms with Crippen LogP contribution in [-0.2, 0) is 9.59 Å². The Morgan fingerprint density at radius 2 is 2.15 bits per heavy atom. The second-order valence-electron chi connectivity index (χ2n) is 3.76. The largest absolute Gasteiger partial charge is 0.493 e. The first-order valence-corrected chi connectivity index (χ1v) is 5.76. The van der Waals surface area contributed by atoms with Gasteiger partial charge >= 0.3 is 5.97 Å². The number of carbonyl (C=O) groups is 2. The molecule has 2 N–H and O–H groups in total. The van der Waals surface area contributed by atoms with Gasteiger partial charge in [-0.2, -0.15) is 5.26 Å². The zero-order chi connectivity index (χ0) is 15.0. The second-order valence-corrected chi connectivity index (χ2v) is 3.76. The number of nitrogens with one attached hydrogen (secondary N) is 1. The number of rotatable bonds is 7. The molecular formula is C13H14N2O5. The van der Waals surface area contributed by atoms with Crippen LogP contribution in [0.3, 0.4) is 0 Å². The van der Waals surface area contributed by atoms with E-state index in [9.17, 15) is 9.59 Å². The molecule has 1 aromatic carbocycles. The molecule has 0 atom stereocenters. The third-order valence-electron chi connectivity index (χ3n) is 2.31. The zero-order valence-corrected chi connectivity index (χ0v) is 10.9. The van der Waals surface area contributed by atoms with E-state index in [1.807, 2.05) is 6.07 Å². The number of methoxy groups -OCH3 is 1. The molecule has 1 aromatic rings. The Hall–Kier alpha value is -2.75. The van der Waals surface area contributed by atoms with Crippen LogP contribution < -0.4 is 14.8 Å². The average molecular weight is 278 g/mol. The fourth-order valence-corrected chi connectivity index (χ4v) is 1.36. The SMILES string of the molecule is COc1cc(C#N)ccc1OCC(=O)NCCC(=O)O. The van der Waals surface area contributed by atoms with E-state index in [1.54, 1.807) is 6.07 Å². The summed E-state index contributed by atoms with van der Waals surface area (Å²) in [6.45, 7) is -0.218. The molecule has 0 saturated carbocycles. The molecule has 20 heavy (non-hydrogen) atoms. The molecule has 0 radical (unpaired) electrons. The smallest absolute Gasteiger partial charge is 0.305 e. The van der Waals surface area contributed by atoms with Crippen LogP contribution in [0.15, 0.2) is 18.2 Å². The number of amides is 1. The molecule has 0 fully saturated rings. The molecular weight excluding hydrogens is 264 g/mol. The molecule has 0 aliphatic rings. The lowest BCUT2D eigenvalue weighted by Crippen LogP contribution is -2.30. The van der Waals surface area contributed by atoms with Crippen LogP contribution in [0.5, 0.6) is 11.5 Å². The van der Waals surface area contributed by atoms with Gasteiger partial charge in [0.2, 0.25) is 0 Å². The minimum Gasteiger partial charge on any atom is -0.493 e. The molecule has 1 amide bonds. The molecule has 0 unspecified atom stereocenters. The van der Waals surface area contributed by atoms with Gasteiger partial charge in [-0.25, -0.2) is 0 Å². The van der Waals surface area contributed by atoms with Crippen molar-refractivity contribution < 1.29 is 24.2 Å². The summed E-state index contributed by atoms with van der Waals surface area (Å²) in [5.41, 5.74) is 0.417. The molecule has 7 nitrogen and oxygen atoms in total. The quantitative estimate of drug-likeness (QED) is 0.753. The van der Waals surface area contributed by atoms with Gasteiger partial charge in [0.1, 0.15) is 0 Å². The molecule has 1 rings (SSSR count). The highest BCUT2D eigenvalue weighted by molar-refractivity contribution is 5.78. The number of hydrogen-bond donors (Lipinski definition) is 2. The molecule has 0 aliphatic carbocycles. The van der Waals surface area contributed by atoms with E-state index in [-0.39, 0.29) is 19.6 Å². The number of carboxylic acid groups (broad SMARTS) is 1. The number of hydrogen-bond acceptors (Lipinski definition) is 5. The van der Waals surface area contributed by atoms with Crippen LogP contribution in [0.25, 0.3) is 0 Å². The fraction of sp³-hybridized carbons (Fsp3) is 0.308. The lowest BCUT2D eigenvalue weighted by Gasteiger charge is -2.10. The van der Waals surface area contributed by atoms with E-state index in [1.165, 1.54) is 19.2 Å². The maximum atomic E-state index is 11.4. The Bertz CT molecular complexity index is 536. The number of ether oxygens (including phenoxy) is 2. The Balaban J connectivity index is 2.51. The number of aliphatic carboxylic acids is 1. The van der Waals surface area contributed by atoms with E-state index in [0.29, 0.717) is 17.1 Å². The maximum absolute atomic E-state index is 11.4. The van der Waals surface area contributed by atoms with Crippen molar-refractivity contribution in [3.8, 4) is 17.6 Å². The normalized spacial score (nSPS) is 9.40. The van der Waals surface area contributed by atoms with Gasteiger partial charge in [-0.15, -0.1) is 0 Å². The summed E-state index contributed by atoms with van der Waals surface area (Å²) in [4.78, 5) is 21.7. The highest BCUT2D eigenvalue weighted by Crippen LogP contribution is 2.27. The van der Waals surface area contributed by atoms with Crippen molar-refractivity contribution in [2.24, 2.45) is 0 Å². The Labute approximate surface area is 115 Å². The molecule has 0 bridgehead atoms. The van der Waals surface area contributed by atoms with Crippen LogP contribution >= 0.6 is 0 Å². The molecule has 0 saturated heterocycles. The summed E-state index contributed by atoms with van der Waals surface area (Å²) in [7, 11) is 1.43. The first-order valence-electron chi connectivity index (χ1n) is 5.76. The lowest BCUT2D eigenvalue weighted by atomic mass is 10.2. The zero-order valence-electron chi connectivity index (χ0n) is 10.9. The van der Waals surface area contributed by atoms with Crippen molar-refractivity contribution in [1.82, 2.24) is 5.32 Å². The van der Waals surface area contributed by atoms with Crippen molar-refractivity contribution >= 4 is 11.9 Å². The van der Waals surface area contributed by atoms with Crippen LogP contribution in [-0.4, -0.2) is 37.2 Å². The third kappa shape index (κ3) is 4.86.